The van der Waals surface area contributed by atoms with Crippen LogP contribution in [0, 0.1) is 18.8 Å². The molecule has 1 unspecified atom stereocenters. The van der Waals surface area contributed by atoms with Crippen molar-refractivity contribution in [2.45, 2.75) is 26.7 Å². The normalized spacial score (nSPS) is 18.2. The standard InChI is InChI=1S/C11H13BrOS/c1-6(8-3-4-8)11(13)9-5-10(12)14-7(9)2/h5-6,8H,3-4H2,1-2H3. The maximum atomic E-state index is 12.0. The van der Waals surface area contributed by atoms with Crippen LogP contribution < -0.4 is 0 Å². The first-order valence-electron chi connectivity index (χ1n) is 4.89. The largest absolute Gasteiger partial charge is 0.294 e. The number of aryl methyl sites for hydroxylation is 1. The van der Waals surface area contributed by atoms with Gasteiger partial charge in [0.2, 0.25) is 0 Å². The van der Waals surface area contributed by atoms with Gasteiger partial charge in [-0.05, 0) is 47.7 Å². The zero-order valence-corrected chi connectivity index (χ0v) is 10.7. The maximum absolute atomic E-state index is 12.0. The van der Waals surface area contributed by atoms with Gasteiger partial charge in [0.25, 0.3) is 0 Å². The molecule has 3 heteroatoms. The van der Waals surface area contributed by atoms with E-state index in [9.17, 15) is 4.79 Å². The van der Waals surface area contributed by atoms with Gasteiger partial charge in [0.1, 0.15) is 0 Å². The van der Waals surface area contributed by atoms with Gasteiger partial charge >= 0.3 is 0 Å². The molecule has 1 aliphatic carbocycles. The third kappa shape index (κ3) is 1.94. The number of hydrogen-bond acceptors (Lipinski definition) is 2. The summed E-state index contributed by atoms with van der Waals surface area (Å²) in [4.78, 5) is 13.2. The fraction of sp³-hybridized carbons (Fsp3) is 0.545. The molecule has 0 aromatic carbocycles. The molecule has 76 valence electrons. The van der Waals surface area contributed by atoms with Crippen molar-refractivity contribution in [3.8, 4) is 0 Å². The molecule has 14 heavy (non-hydrogen) atoms. The Balaban J connectivity index is 2.21. The van der Waals surface area contributed by atoms with E-state index in [0.717, 1.165) is 14.2 Å². The molecule has 1 heterocycles. The van der Waals surface area contributed by atoms with Gasteiger partial charge < -0.3 is 0 Å². The van der Waals surface area contributed by atoms with E-state index in [1.54, 1.807) is 11.3 Å². The topological polar surface area (TPSA) is 17.1 Å². The minimum atomic E-state index is 0.218. The summed E-state index contributed by atoms with van der Waals surface area (Å²) in [5.74, 6) is 1.20. The van der Waals surface area contributed by atoms with Crippen molar-refractivity contribution in [3.05, 3.63) is 20.3 Å². The summed E-state index contributed by atoms with van der Waals surface area (Å²) in [7, 11) is 0. The number of carbonyl (C=O) groups excluding carboxylic acids is 1. The molecule has 2 rings (SSSR count). The molecule has 1 aliphatic rings. The summed E-state index contributed by atoms with van der Waals surface area (Å²) >= 11 is 5.06. The summed E-state index contributed by atoms with van der Waals surface area (Å²) in [5.41, 5.74) is 0.918. The molecule has 0 aliphatic heterocycles. The van der Waals surface area contributed by atoms with Crippen molar-refractivity contribution < 1.29 is 4.79 Å². The van der Waals surface area contributed by atoms with Crippen LogP contribution in [0.3, 0.4) is 0 Å². The monoisotopic (exact) mass is 272 g/mol. The minimum absolute atomic E-state index is 0.218. The van der Waals surface area contributed by atoms with Crippen molar-refractivity contribution in [2.75, 3.05) is 0 Å². The van der Waals surface area contributed by atoms with E-state index in [1.807, 2.05) is 13.0 Å². The average Bonchev–Trinajstić information content (AvgIpc) is 2.90. The number of ketones is 1. The Hall–Kier alpha value is -0.150. The third-order valence-corrected chi connectivity index (χ3v) is 4.45. The number of carbonyl (C=O) groups is 1. The van der Waals surface area contributed by atoms with Gasteiger partial charge in [-0.3, -0.25) is 4.79 Å². The third-order valence-electron chi connectivity index (χ3n) is 2.90. The molecule has 0 spiro atoms. The molecular formula is C11H13BrOS. The van der Waals surface area contributed by atoms with Gasteiger partial charge in [-0.25, -0.2) is 0 Å². The summed E-state index contributed by atoms with van der Waals surface area (Å²) in [6, 6.07) is 1.96. The van der Waals surface area contributed by atoms with Crippen LogP contribution in [0.2, 0.25) is 0 Å². The fourth-order valence-electron chi connectivity index (χ4n) is 1.75. The number of hydrogen-bond donors (Lipinski definition) is 0. The Kier molecular flexibility index (Phi) is 2.80. The predicted molar refractivity (Wildman–Crippen MR) is 63.0 cm³/mol. The van der Waals surface area contributed by atoms with Crippen LogP contribution in [0.25, 0.3) is 0 Å². The Labute approximate surface area is 96.6 Å². The molecule has 0 N–H and O–H groups in total. The summed E-state index contributed by atoms with van der Waals surface area (Å²) in [6.07, 6.45) is 2.47. The highest BCUT2D eigenvalue weighted by Gasteiger charge is 2.33. The number of Topliss-reactive ketones (excluding diaryl/α,β-unsaturated/α-hetero) is 1. The predicted octanol–water partition coefficient (Wildman–Crippen LogP) is 4.05. The smallest absolute Gasteiger partial charge is 0.167 e. The van der Waals surface area contributed by atoms with Gasteiger partial charge in [-0.15, -0.1) is 11.3 Å². The van der Waals surface area contributed by atoms with Crippen molar-refractivity contribution in [1.29, 1.82) is 0 Å². The van der Waals surface area contributed by atoms with E-state index in [1.165, 1.54) is 12.8 Å². The molecule has 1 atom stereocenters. The van der Waals surface area contributed by atoms with Crippen molar-refractivity contribution >= 4 is 33.0 Å². The molecular weight excluding hydrogens is 260 g/mol. The van der Waals surface area contributed by atoms with E-state index in [-0.39, 0.29) is 5.92 Å². The summed E-state index contributed by atoms with van der Waals surface area (Å²) in [6.45, 7) is 4.08. The second kappa shape index (κ2) is 3.78. The highest BCUT2D eigenvalue weighted by Crippen LogP contribution is 2.39. The van der Waals surface area contributed by atoms with Gasteiger partial charge in [-0.2, -0.15) is 0 Å². The Morgan fingerprint density at radius 1 is 1.64 bits per heavy atom. The van der Waals surface area contributed by atoms with Crippen LogP contribution in [-0.4, -0.2) is 5.78 Å². The van der Waals surface area contributed by atoms with Gasteiger partial charge in [0, 0.05) is 16.4 Å². The minimum Gasteiger partial charge on any atom is -0.294 e. The zero-order chi connectivity index (χ0) is 10.3. The Bertz CT molecular complexity index is 365. The second-order valence-electron chi connectivity index (χ2n) is 4.01. The quantitative estimate of drug-likeness (QED) is 0.759. The summed E-state index contributed by atoms with van der Waals surface area (Å²) < 4.78 is 1.06. The van der Waals surface area contributed by atoms with Crippen molar-refractivity contribution in [2.24, 2.45) is 11.8 Å². The SMILES string of the molecule is Cc1sc(Br)cc1C(=O)C(C)C1CC1. The highest BCUT2D eigenvalue weighted by atomic mass is 79.9. The number of thiophene rings is 1. The lowest BCUT2D eigenvalue weighted by Crippen LogP contribution is -2.13. The molecule has 0 amide bonds. The Morgan fingerprint density at radius 3 is 2.71 bits per heavy atom. The zero-order valence-electron chi connectivity index (χ0n) is 8.34. The second-order valence-corrected chi connectivity index (χ2v) is 6.65. The molecule has 1 fully saturated rings. The lowest BCUT2D eigenvalue weighted by atomic mass is 9.96. The van der Waals surface area contributed by atoms with Gasteiger partial charge in [-0.1, -0.05) is 6.92 Å². The van der Waals surface area contributed by atoms with Crippen LogP contribution >= 0.6 is 27.3 Å². The van der Waals surface area contributed by atoms with Crippen molar-refractivity contribution in [3.63, 3.8) is 0 Å². The van der Waals surface area contributed by atoms with E-state index in [2.05, 4.69) is 22.9 Å². The van der Waals surface area contributed by atoms with Gasteiger partial charge in [0.15, 0.2) is 5.78 Å². The molecule has 1 nitrogen and oxygen atoms in total. The first kappa shape index (κ1) is 10.4. The fourth-order valence-corrected chi connectivity index (χ4v) is 3.44. The van der Waals surface area contributed by atoms with E-state index < -0.39 is 0 Å². The lowest BCUT2D eigenvalue weighted by Gasteiger charge is -2.07. The Morgan fingerprint density at radius 2 is 2.29 bits per heavy atom. The van der Waals surface area contributed by atoms with Crippen LogP contribution in [-0.2, 0) is 0 Å². The summed E-state index contributed by atoms with van der Waals surface area (Å²) in [5, 5.41) is 0. The lowest BCUT2D eigenvalue weighted by molar-refractivity contribution is 0.0916. The van der Waals surface area contributed by atoms with Crippen LogP contribution in [0.4, 0.5) is 0 Å². The molecule has 1 aromatic rings. The van der Waals surface area contributed by atoms with E-state index in [4.69, 9.17) is 0 Å². The first-order chi connectivity index (χ1) is 6.59. The molecule has 0 bridgehead atoms. The molecule has 1 aromatic heterocycles. The highest BCUT2D eigenvalue weighted by molar-refractivity contribution is 9.11. The first-order valence-corrected chi connectivity index (χ1v) is 6.50. The van der Waals surface area contributed by atoms with E-state index >= 15 is 0 Å². The van der Waals surface area contributed by atoms with Crippen molar-refractivity contribution in [1.82, 2.24) is 0 Å². The van der Waals surface area contributed by atoms with E-state index in [0.29, 0.717) is 11.7 Å². The maximum Gasteiger partial charge on any atom is 0.167 e. The van der Waals surface area contributed by atoms with Crippen LogP contribution in [0.15, 0.2) is 9.85 Å². The molecule has 1 saturated carbocycles. The number of rotatable bonds is 3. The number of halogens is 1. The molecule has 0 saturated heterocycles. The van der Waals surface area contributed by atoms with Crippen LogP contribution in [0.5, 0.6) is 0 Å². The van der Waals surface area contributed by atoms with Gasteiger partial charge in [0.05, 0.1) is 3.79 Å². The molecule has 0 radical (unpaired) electrons. The van der Waals surface area contributed by atoms with Crippen LogP contribution in [0.1, 0.15) is 35.0 Å². The average molecular weight is 273 g/mol.